The van der Waals surface area contributed by atoms with Crippen LogP contribution in [0.3, 0.4) is 0 Å². The number of phenols is 1. The Morgan fingerprint density at radius 1 is 0.851 bits per heavy atom. The van der Waals surface area contributed by atoms with Gasteiger partial charge in [0.15, 0.2) is 5.96 Å². The quantitative estimate of drug-likeness (QED) is 0.0281. The van der Waals surface area contributed by atoms with E-state index in [-0.39, 0.29) is 48.8 Å². The molecule has 13 N–H and O–H groups in total. The van der Waals surface area contributed by atoms with Gasteiger partial charge in [0.25, 0.3) is 0 Å². The number of nitrogens with one attached hydrogen (secondary N) is 5. The third-order valence-electron chi connectivity index (χ3n) is 6.62. The van der Waals surface area contributed by atoms with Crippen LogP contribution in [0.5, 0.6) is 5.75 Å². The molecule has 0 aromatic heterocycles. The van der Waals surface area contributed by atoms with Crippen molar-refractivity contribution in [2.24, 2.45) is 28.1 Å². The second-order valence-corrected chi connectivity index (χ2v) is 12.0. The van der Waals surface area contributed by atoms with Gasteiger partial charge in [0.1, 0.15) is 11.8 Å². The standard InChI is InChI=1S/C29H46N9O8Se/c1-15(2)11-19(30)25(42)38-21(12-17-6-8-18(39)9-7-17)27(44)37-20(5-4-10-33-29(31)32)26(43)35-16(3)24(41)34-13-23(40)36-22(14-47)28(45)46/h6-9,15-16,19-22,39H,4-5,10-14,30H2,1-3H3,(H,34,41)(H,35,43)(H,36,40)(H,37,44)(H,38,42)(H,45,46)(H4,31,32,33)/t16-,19-,20-,21-,22-/m0/s1. The summed E-state index contributed by atoms with van der Waals surface area (Å²) in [5.74, 6) is -4.79. The molecule has 47 heavy (non-hydrogen) atoms. The number of rotatable bonds is 20. The number of carboxylic acids is 1. The summed E-state index contributed by atoms with van der Waals surface area (Å²) < 4.78 is 0. The van der Waals surface area contributed by atoms with Gasteiger partial charge in [-0.25, -0.2) is 0 Å². The first-order chi connectivity index (χ1) is 22.0. The third kappa shape index (κ3) is 16.1. The monoisotopic (exact) mass is 728 g/mol. The molecule has 0 aliphatic rings. The molecule has 1 rings (SSSR count). The zero-order valence-corrected chi connectivity index (χ0v) is 28.4. The average Bonchev–Trinajstić information content (AvgIpc) is 2.99. The van der Waals surface area contributed by atoms with Crippen molar-refractivity contribution in [1.29, 1.82) is 0 Å². The number of nitrogens with two attached hydrogens (primary N) is 3. The molecule has 5 amide bonds. The summed E-state index contributed by atoms with van der Waals surface area (Å²) >= 11 is 2.51. The summed E-state index contributed by atoms with van der Waals surface area (Å²) in [5, 5.41) is 31.1. The summed E-state index contributed by atoms with van der Waals surface area (Å²) in [5.41, 5.74) is 17.4. The summed E-state index contributed by atoms with van der Waals surface area (Å²) in [4.78, 5) is 79.4. The summed E-state index contributed by atoms with van der Waals surface area (Å²) in [7, 11) is 0. The number of hydrogen-bond acceptors (Lipinski definition) is 9. The fraction of sp³-hybridized carbons (Fsp3) is 0.552. The number of amides is 5. The molecule has 1 aromatic rings. The van der Waals surface area contributed by atoms with Crippen LogP contribution in [0, 0.1) is 5.92 Å². The van der Waals surface area contributed by atoms with E-state index in [9.17, 15) is 33.9 Å². The molecule has 0 aliphatic carbocycles. The van der Waals surface area contributed by atoms with E-state index in [0.717, 1.165) is 0 Å². The van der Waals surface area contributed by atoms with Crippen LogP contribution in [0.4, 0.5) is 0 Å². The van der Waals surface area contributed by atoms with Gasteiger partial charge < -0.3 is 27.6 Å². The Labute approximate surface area is 281 Å². The molecule has 0 aliphatic heterocycles. The number of carbonyl (C=O) groups excluding carboxylic acids is 5. The van der Waals surface area contributed by atoms with Gasteiger partial charge in [-0.05, 0) is 36.5 Å². The van der Waals surface area contributed by atoms with Gasteiger partial charge in [-0.3, -0.25) is 14.6 Å². The molecule has 0 spiro atoms. The van der Waals surface area contributed by atoms with E-state index in [0.29, 0.717) is 12.0 Å². The maximum absolute atomic E-state index is 13.6. The topological polar surface area (TPSA) is 293 Å². The van der Waals surface area contributed by atoms with Crippen LogP contribution < -0.4 is 43.8 Å². The van der Waals surface area contributed by atoms with Crippen molar-refractivity contribution >= 4 is 57.5 Å². The molecule has 0 bridgehead atoms. The molecule has 0 saturated heterocycles. The fourth-order valence-corrected chi connectivity index (χ4v) is 4.61. The van der Waals surface area contributed by atoms with E-state index in [1.54, 1.807) is 12.1 Å². The number of hydrogen-bond donors (Lipinski definition) is 10. The van der Waals surface area contributed by atoms with Crippen LogP contribution >= 0.6 is 0 Å². The van der Waals surface area contributed by atoms with Gasteiger partial charge in [-0.2, -0.15) is 0 Å². The van der Waals surface area contributed by atoms with Crippen molar-refractivity contribution in [3.05, 3.63) is 29.8 Å². The van der Waals surface area contributed by atoms with E-state index >= 15 is 0 Å². The van der Waals surface area contributed by atoms with Gasteiger partial charge in [0.2, 0.25) is 11.8 Å². The predicted molar refractivity (Wildman–Crippen MR) is 174 cm³/mol. The third-order valence-corrected chi connectivity index (χ3v) is 7.32. The zero-order valence-electron chi connectivity index (χ0n) is 26.7. The zero-order chi connectivity index (χ0) is 35.7. The Kier molecular flexibility index (Phi) is 17.9. The molecular formula is C29H46N9O8Se. The molecule has 0 heterocycles. The first kappa shape index (κ1) is 40.6. The predicted octanol–water partition coefficient (Wildman–Crippen LogP) is -2.89. The van der Waals surface area contributed by atoms with Gasteiger partial charge in [0.05, 0.1) is 6.04 Å². The van der Waals surface area contributed by atoms with Crippen molar-refractivity contribution in [3.63, 3.8) is 0 Å². The first-order valence-corrected chi connectivity index (χ1v) is 16.1. The molecule has 18 heteroatoms. The molecule has 5 atom stereocenters. The number of phenolic OH excluding ortho intramolecular Hbond substituents is 1. The van der Waals surface area contributed by atoms with Crippen molar-refractivity contribution in [1.82, 2.24) is 26.6 Å². The number of aliphatic imine (C=N–C) groups is 1. The molecule has 1 aromatic carbocycles. The van der Waals surface area contributed by atoms with Crippen LogP contribution in [0.2, 0.25) is 5.32 Å². The minimum atomic E-state index is -1.25. The Bertz CT molecular complexity index is 1260. The summed E-state index contributed by atoms with van der Waals surface area (Å²) in [6.07, 6.45) is 0.676. The van der Waals surface area contributed by atoms with Crippen LogP contribution in [-0.4, -0.2) is 111 Å². The normalized spacial score (nSPS) is 14.0. The number of guanidine groups is 1. The van der Waals surface area contributed by atoms with Gasteiger partial charge in [-0.1, -0.05) is 26.0 Å². The molecule has 0 fully saturated rings. The molecule has 0 unspecified atom stereocenters. The number of benzene rings is 1. The van der Waals surface area contributed by atoms with Gasteiger partial charge >= 0.3 is 129 Å². The Balaban J connectivity index is 3.08. The molecule has 0 saturated carbocycles. The molecule has 1 radical (unpaired) electrons. The summed E-state index contributed by atoms with van der Waals surface area (Å²) in [6, 6.07) is 0.441. The van der Waals surface area contributed by atoms with Crippen LogP contribution in [0.1, 0.15) is 45.6 Å². The van der Waals surface area contributed by atoms with Gasteiger partial charge in [0, 0.05) is 13.0 Å². The second kappa shape index (κ2) is 20.7. The Morgan fingerprint density at radius 3 is 2.00 bits per heavy atom. The van der Waals surface area contributed by atoms with Crippen molar-refractivity contribution < 1.29 is 39.0 Å². The Hall–Kier alpha value is -4.41. The van der Waals surface area contributed by atoms with Crippen molar-refractivity contribution in [2.75, 3.05) is 13.1 Å². The molecular weight excluding hydrogens is 681 g/mol. The van der Waals surface area contributed by atoms with E-state index in [1.807, 2.05) is 13.8 Å². The number of carbonyl (C=O) groups is 6. The van der Waals surface area contributed by atoms with Gasteiger partial charge in [-0.15, -0.1) is 0 Å². The van der Waals surface area contributed by atoms with Crippen LogP contribution in [-0.2, 0) is 35.2 Å². The summed E-state index contributed by atoms with van der Waals surface area (Å²) in [6.45, 7) is 4.75. The second-order valence-electron chi connectivity index (χ2n) is 11.3. The number of carboxylic acid groups (broad SMARTS) is 1. The average molecular weight is 728 g/mol. The Morgan fingerprint density at radius 2 is 1.45 bits per heavy atom. The fourth-order valence-electron chi connectivity index (χ4n) is 4.14. The molecule has 17 nitrogen and oxygen atoms in total. The van der Waals surface area contributed by atoms with E-state index in [2.05, 4.69) is 47.6 Å². The molecule has 261 valence electrons. The first-order valence-electron chi connectivity index (χ1n) is 14.9. The van der Waals surface area contributed by atoms with Crippen LogP contribution in [0.25, 0.3) is 0 Å². The maximum atomic E-state index is 13.6. The van der Waals surface area contributed by atoms with Crippen molar-refractivity contribution in [3.8, 4) is 5.75 Å². The van der Waals surface area contributed by atoms with Crippen molar-refractivity contribution in [2.45, 2.75) is 82.0 Å². The van der Waals surface area contributed by atoms with E-state index in [1.165, 1.54) is 19.1 Å². The number of aliphatic carboxylic acids is 1. The number of nitrogens with zero attached hydrogens (tertiary/aromatic N) is 1. The van der Waals surface area contributed by atoms with Crippen LogP contribution in [0.15, 0.2) is 29.3 Å². The van der Waals surface area contributed by atoms with E-state index < -0.39 is 72.3 Å². The van der Waals surface area contributed by atoms with E-state index in [4.69, 9.17) is 22.3 Å². The number of aromatic hydroxyl groups is 1. The SMILES string of the molecule is CC(C)C[C@H](N)C(=O)N[C@@H](Cc1ccc(O)cc1)C(=O)N[C@@H](CCCN=C(N)N)C(=O)N[C@@H](C)C(=O)NCC(=O)N[C@@H](C[Se])C(=O)O. The minimum absolute atomic E-state index is 0.00820.